The second-order valence-electron chi connectivity index (χ2n) is 5.94. The van der Waals surface area contributed by atoms with Crippen LogP contribution in [0.5, 0.6) is 5.88 Å². The predicted molar refractivity (Wildman–Crippen MR) is 85.7 cm³/mol. The lowest BCUT2D eigenvalue weighted by Gasteiger charge is -2.13. The molecule has 4 heteroatoms. The molecule has 1 saturated carbocycles. The average Bonchev–Trinajstić information content (AvgIpc) is 3.28. The molecule has 0 aliphatic heterocycles. The number of aromatic nitrogens is 1. The number of rotatable bonds is 7. The van der Waals surface area contributed by atoms with Gasteiger partial charge in [-0.25, -0.2) is 4.98 Å². The average molecular weight is 285 g/mol. The maximum Gasteiger partial charge on any atom is 0.214 e. The molecule has 1 heterocycles. The minimum atomic E-state index is 0.661. The van der Waals surface area contributed by atoms with Crippen molar-refractivity contribution in [3.63, 3.8) is 0 Å². The van der Waals surface area contributed by atoms with Gasteiger partial charge in [0.15, 0.2) is 0 Å². The molecule has 1 aromatic carbocycles. The molecule has 1 aromatic heterocycles. The third-order valence-corrected chi connectivity index (χ3v) is 3.73. The standard InChI is InChI=1S/C17H23N3O/c1-20(2)9-10-21-17-11-13(12-18-14-7-8-14)15-5-3-4-6-16(15)19-17/h3-6,11,14,18H,7-10,12H2,1-2H3. The van der Waals surface area contributed by atoms with E-state index in [1.807, 2.05) is 20.2 Å². The zero-order chi connectivity index (χ0) is 14.7. The summed E-state index contributed by atoms with van der Waals surface area (Å²) in [5.74, 6) is 0.725. The first-order valence-electron chi connectivity index (χ1n) is 7.62. The van der Waals surface area contributed by atoms with Crippen molar-refractivity contribution in [2.24, 2.45) is 0 Å². The normalized spacial score (nSPS) is 14.8. The highest BCUT2D eigenvalue weighted by molar-refractivity contribution is 5.82. The molecule has 0 spiro atoms. The molecule has 0 atom stereocenters. The van der Waals surface area contributed by atoms with Crippen LogP contribution in [-0.2, 0) is 6.54 Å². The van der Waals surface area contributed by atoms with Crippen molar-refractivity contribution >= 4 is 10.9 Å². The Labute approximate surface area is 126 Å². The fraction of sp³-hybridized carbons (Fsp3) is 0.471. The summed E-state index contributed by atoms with van der Waals surface area (Å²) in [6.45, 7) is 2.44. The number of hydrogen-bond acceptors (Lipinski definition) is 4. The maximum atomic E-state index is 5.81. The Morgan fingerprint density at radius 3 is 2.86 bits per heavy atom. The Hall–Kier alpha value is -1.65. The Morgan fingerprint density at radius 2 is 2.10 bits per heavy atom. The van der Waals surface area contributed by atoms with Crippen LogP contribution < -0.4 is 10.1 Å². The van der Waals surface area contributed by atoms with Crippen molar-refractivity contribution in [1.82, 2.24) is 15.2 Å². The van der Waals surface area contributed by atoms with Crippen LogP contribution in [0.2, 0.25) is 0 Å². The van der Waals surface area contributed by atoms with Crippen molar-refractivity contribution in [1.29, 1.82) is 0 Å². The molecule has 0 unspecified atom stereocenters. The monoisotopic (exact) mass is 285 g/mol. The number of nitrogens with zero attached hydrogens (tertiary/aromatic N) is 2. The van der Waals surface area contributed by atoms with E-state index in [0.29, 0.717) is 12.6 Å². The van der Waals surface area contributed by atoms with Gasteiger partial charge in [-0.2, -0.15) is 0 Å². The van der Waals surface area contributed by atoms with E-state index in [9.17, 15) is 0 Å². The van der Waals surface area contributed by atoms with Crippen molar-refractivity contribution in [3.8, 4) is 5.88 Å². The third-order valence-electron chi connectivity index (χ3n) is 3.73. The van der Waals surface area contributed by atoms with Gasteiger partial charge in [-0.15, -0.1) is 0 Å². The smallest absolute Gasteiger partial charge is 0.214 e. The van der Waals surface area contributed by atoms with Crippen LogP contribution in [0.4, 0.5) is 0 Å². The largest absolute Gasteiger partial charge is 0.476 e. The van der Waals surface area contributed by atoms with Crippen LogP contribution in [0, 0.1) is 0 Å². The summed E-state index contributed by atoms with van der Waals surface area (Å²) in [7, 11) is 4.09. The Morgan fingerprint density at radius 1 is 1.29 bits per heavy atom. The number of ether oxygens (including phenoxy) is 1. The van der Waals surface area contributed by atoms with E-state index in [1.165, 1.54) is 23.8 Å². The van der Waals surface area contributed by atoms with Crippen molar-refractivity contribution in [2.45, 2.75) is 25.4 Å². The topological polar surface area (TPSA) is 37.4 Å². The first-order chi connectivity index (χ1) is 10.2. The van der Waals surface area contributed by atoms with Crippen LogP contribution in [0.25, 0.3) is 10.9 Å². The van der Waals surface area contributed by atoms with Gasteiger partial charge in [0.25, 0.3) is 0 Å². The van der Waals surface area contributed by atoms with E-state index in [4.69, 9.17) is 4.74 Å². The third kappa shape index (κ3) is 3.93. The predicted octanol–water partition coefficient (Wildman–Crippen LogP) is 2.43. The fourth-order valence-electron chi connectivity index (χ4n) is 2.32. The highest BCUT2D eigenvalue weighted by atomic mass is 16.5. The summed E-state index contributed by atoms with van der Waals surface area (Å²) in [5, 5.41) is 4.79. The molecule has 0 amide bonds. The van der Waals surface area contributed by atoms with Gasteiger partial charge in [-0.3, -0.25) is 0 Å². The van der Waals surface area contributed by atoms with Gasteiger partial charge in [-0.05, 0) is 38.6 Å². The van der Waals surface area contributed by atoms with Crippen LogP contribution in [0.15, 0.2) is 30.3 Å². The molecule has 4 nitrogen and oxygen atoms in total. The molecule has 1 aliphatic carbocycles. The lowest BCUT2D eigenvalue weighted by atomic mass is 10.1. The van der Waals surface area contributed by atoms with Gasteiger partial charge in [-0.1, -0.05) is 18.2 Å². The minimum Gasteiger partial charge on any atom is -0.476 e. The molecule has 3 rings (SSSR count). The number of nitrogens with one attached hydrogen (secondary N) is 1. The molecule has 21 heavy (non-hydrogen) atoms. The number of fused-ring (bicyclic) bond motifs is 1. The molecule has 1 fully saturated rings. The van der Waals surface area contributed by atoms with E-state index < -0.39 is 0 Å². The molecule has 2 aromatic rings. The zero-order valence-corrected chi connectivity index (χ0v) is 12.8. The van der Waals surface area contributed by atoms with Gasteiger partial charge in [0.1, 0.15) is 6.61 Å². The second-order valence-corrected chi connectivity index (χ2v) is 5.94. The van der Waals surface area contributed by atoms with Crippen LogP contribution in [-0.4, -0.2) is 43.2 Å². The lowest BCUT2D eigenvalue weighted by Crippen LogP contribution is -2.20. The van der Waals surface area contributed by atoms with Crippen molar-refractivity contribution < 1.29 is 4.74 Å². The summed E-state index contributed by atoms with van der Waals surface area (Å²) < 4.78 is 5.81. The lowest BCUT2D eigenvalue weighted by molar-refractivity contribution is 0.254. The van der Waals surface area contributed by atoms with E-state index in [-0.39, 0.29) is 0 Å². The van der Waals surface area contributed by atoms with E-state index in [2.05, 4.69) is 39.5 Å². The molecule has 1 aliphatic rings. The van der Waals surface area contributed by atoms with E-state index in [0.717, 1.165) is 24.5 Å². The zero-order valence-electron chi connectivity index (χ0n) is 12.8. The molecular weight excluding hydrogens is 262 g/mol. The van der Waals surface area contributed by atoms with Gasteiger partial charge in [0, 0.05) is 30.6 Å². The van der Waals surface area contributed by atoms with Crippen molar-refractivity contribution in [3.05, 3.63) is 35.9 Å². The summed E-state index contributed by atoms with van der Waals surface area (Å²) in [4.78, 5) is 6.71. The van der Waals surface area contributed by atoms with Crippen molar-refractivity contribution in [2.75, 3.05) is 27.2 Å². The quantitative estimate of drug-likeness (QED) is 0.848. The molecule has 0 bridgehead atoms. The van der Waals surface area contributed by atoms with Crippen LogP contribution >= 0.6 is 0 Å². The summed E-state index contributed by atoms with van der Waals surface area (Å²) in [6.07, 6.45) is 2.60. The number of hydrogen-bond donors (Lipinski definition) is 1. The molecular formula is C17H23N3O. The Bertz CT molecular complexity index is 608. The number of benzene rings is 1. The molecule has 112 valence electrons. The maximum absolute atomic E-state index is 5.81. The van der Waals surface area contributed by atoms with E-state index in [1.54, 1.807) is 0 Å². The Kier molecular flexibility index (Phi) is 4.36. The molecule has 0 saturated heterocycles. The number of para-hydroxylation sites is 1. The summed E-state index contributed by atoms with van der Waals surface area (Å²) in [5.41, 5.74) is 2.28. The molecule has 0 radical (unpaired) electrons. The highest BCUT2D eigenvalue weighted by Crippen LogP contribution is 2.24. The van der Waals surface area contributed by atoms with Gasteiger partial charge in [0.2, 0.25) is 5.88 Å². The highest BCUT2D eigenvalue weighted by Gasteiger charge is 2.20. The molecule has 1 N–H and O–H groups in total. The first kappa shape index (κ1) is 14.3. The van der Waals surface area contributed by atoms with E-state index >= 15 is 0 Å². The summed E-state index contributed by atoms with van der Waals surface area (Å²) >= 11 is 0. The SMILES string of the molecule is CN(C)CCOc1cc(CNC2CC2)c2ccccc2n1. The minimum absolute atomic E-state index is 0.661. The first-order valence-corrected chi connectivity index (χ1v) is 7.62. The second kappa shape index (κ2) is 6.41. The fourth-order valence-corrected chi connectivity index (χ4v) is 2.32. The number of likely N-dealkylation sites (N-methyl/N-ethyl adjacent to an activating group) is 1. The Balaban J connectivity index is 1.79. The van der Waals surface area contributed by atoms with Crippen LogP contribution in [0.1, 0.15) is 18.4 Å². The van der Waals surface area contributed by atoms with Gasteiger partial charge < -0.3 is 15.0 Å². The van der Waals surface area contributed by atoms with Gasteiger partial charge >= 0.3 is 0 Å². The van der Waals surface area contributed by atoms with Crippen LogP contribution in [0.3, 0.4) is 0 Å². The number of pyridine rings is 1. The summed E-state index contributed by atoms with van der Waals surface area (Å²) in [6, 6.07) is 11.1. The van der Waals surface area contributed by atoms with Gasteiger partial charge in [0.05, 0.1) is 5.52 Å².